The molecule has 174 valence electrons. The summed E-state index contributed by atoms with van der Waals surface area (Å²) in [7, 11) is 1.57. The molecule has 1 amide bonds. The maximum atomic E-state index is 13.4. The highest BCUT2D eigenvalue weighted by Crippen LogP contribution is 2.50. The van der Waals surface area contributed by atoms with E-state index in [0.717, 1.165) is 16.7 Å². The zero-order valence-electron chi connectivity index (χ0n) is 18.6. The number of benzene rings is 3. The summed E-state index contributed by atoms with van der Waals surface area (Å²) in [4.78, 5) is 24.7. The van der Waals surface area contributed by atoms with E-state index in [1.54, 1.807) is 49.6 Å². The number of methoxy groups -OCH3 is 1. The number of rotatable bonds is 6. The Morgan fingerprint density at radius 3 is 2.38 bits per heavy atom. The number of hydrogen-bond acceptors (Lipinski definition) is 4. The van der Waals surface area contributed by atoms with Crippen molar-refractivity contribution in [1.29, 1.82) is 0 Å². The fourth-order valence-corrected chi connectivity index (χ4v) is 4.59. The molecule has 0 saturated heterocycles. The molecule has 1 fully saturated rings. The van der Waals surface area contributed by atoms with Crippen LogP contribution < -0.4 is 14.8 Å². The van der Waals surface area contributed by atoms with Crippen molar-refractivity contribution in [1.82, 2.24) is 5.32 Å². The van der Waals surface area contributed by atoms with Crippen LogP contribution >= 0.6 is 0 Å². The van der Waals surface area contributed by atoms with E-state index in [1.165, 1.54) is 12.1 Å². The van der Waals surface area contributed by atoms with E-state index in [1.807, 2.05) is 12.1 Å². The highest BCUT2D eigenvalue weighted by molar-refractivity contribution is 5.91. The molecule has 2 N–H and O–H groups in total. The monoisotopic (exact) mass is 461 g/mol. The number of hydrogen-bond donors (Lipinski definition) is 2. The lowest BCUT2D eigenvalue weighted by Gasteiger charge is -2.34. The number of amides is 1. The van der Waals surface area contributed by atoms with Gasteiger partial charge in [-0.25, -0.2) is 9.18 Å². The molecule has 34 heavy (non-hydrogen) atoms. The SMILES string of the molecule is COc1ccc2c(c1)O[C@@H](c1ccc(C(=O)O)cc1)C[C@H]2NC(=O)C1(c2ccc(F)cc2)CC1. The van der Waals surface area contributed by atoms with Gasteiger partial charge in [-0.3, -0.25) is 4.79 Å². The predicted octanol–water partition coefficient (Wildman–Crippen LogP) is 4.95. The van der Waals surface area contributed by atoms with Crippen molar-refractivity contribution in [3.63, 3.8) is 0 Å². The van der Waals surface area contributed by atoms with E-state index in [-0.39, 0.29) is 29.4 Å². The Bertz CT molecular complexity index is 1230. The number of nitrogens with one attached hydrogen (secondary N) is 1. The third-order valence-corrected chi connectivity index (χ3v) is 6.73. The van der Waals surface area contributed by atoms with E-state index < -0.39 is 11.4 Å². The molecule has 0 radical (unpaired) electrons. The maximum Gasteiger partial charge on any atom is 0.335 e. The molecule has 2 aliphatic rings. The van der Waals surface area contributed by atoms with Gasteiger partial charge >= 0.3 is 5.97 Å². The Morgan fingerprint density at radius 2 is 1.76 bits per heavy atom. The fourth-order valence-electron chi connectivity index (χ4n) is 4.59. The van der Waals surface area contributed by atoms with Crippen LogP contribution in [0, 0.1) is 5.82 Å². The molecule has 0 bridgehead atoms. The molecule has 1 aliphatic heterocycles. The second-order valence-electron chi connectivity index (χ2n) is 8.79. The molecular weight excluding hydrogens is 437 g/mol. The summed E-state index contributed by atoms with van der Waals surface area (Å²) in [5.41, 5.74) is 2.03. The predicted molar refractivity (Wildman–Crippen MR) is 123 cm³/mol. The van der Waals surface area contributed by atoms with Crippen LogP contribution in [0.15, 0.2) is 66.7 Å². The van der Waals surface area contributed by atoms with E-state index in [0.29, 0.717) is 30.8 Å². The van der Waals surface area contributed by atoms with Crippen LogP contribution in [0.3, 0.4) is 0 Å². The zero-order valence-corrected chi connectivity index (χ0v) is 18.6. The topological polar surface area (TPSA) is 84.9 Å². The summed E-state index contributed by atoms with van der Waals surface area (Å²) in [5, 5.41) is 12.4. The highest BCUT2D eigenvalue weighted by Gasteiger charge is 2.52. The van der Waals surface area contributed by atoms with Crippen molar-refractivity contribution in [3.05, 3.63) is 94.8 Å². The van der Waals surface area contributed by atoms with Crippen LogP contribution in [0.4, 0.5) is 4.39 Å². The van der Waals surface area contributed by atoms with Gasteiger partial charge < -0.3 is 19.9 Å². The minimum atomic E-state index is -0.994. The number of carboxylic acid groups (broad SMARTS) is 1. The van der Waals surface area contributed by atoms with E-state index >= 15 is 0 Å². The van der Waals surface area contributed by atoms with Crippen LogP contribution in [0.25, 0.3) is 0 Å². The lowest BCUT2D eigenvalue weighted by Crippen LogP contribution is -2.39. The smallest absolute Gasteiger partial charge is 0.335 e. The summed E-state index contributed by atoms with van der Waals surface area (Å²) in [5.74, 6) is -0.172. The molecule has 0 spiro atoms. The molecular formula is C27H24FNO5. The molecule has 5 rings (SSSR count). The van der Waals surface area contributed by atoms with Gasteiger partial charge in [-0.05, 0) is 60.4 Å². The zero-order chi connectivity index (χ0) is 23.9. The Kier molecular flexibility index (Phi) is 5.48. The van der Waals surface area contributed by atoms with Crippen LogP contribution in [-0.4, -0.2) is 24.1 Å². The Labute approximate surface area is 196 Å². The average Bonchev–Trinajstić information content (AvgIpc) is 3.66. The van der Waals surface area contributed by atoms with Gasteiger partial charge in [-0.1, -0.05) is 24.3 Å². The van der Waals surface area contributed by atoms with Gasteiger partial charge in [0.25, 0.3) is 0 Å². The first kappa shape index (κ1) is 21.9. The van der Waals surface area contributed by atoms with E-state index in [9.17, 15) is 19.1 Å². The average molecular weight is 461 g/mol. The number of carboxylic acids is 1. The Hall–Kier alpha value is -3.87. The highest BCUT2D eigenvalue weighted by atomic mass is 19.1. The standard InChI is InChI=1S/C27H24FNO5/c1-33-20-10-11-21-22(29-26(32)27(12-13-27)18-6-8-19(28)9-7-18)15-23(34-24(21)14-20)16-2-4-17(5-3-16)25(30)31/h2-11,14,22-23H,12-13,15H2,1H3,(H,29,32)(H,30,31)/t22-,23-/m1/s1. The minimum absolute atomic E-state index is 0.0900. The first-order chi connectivity index (χ1) is 16.4. The van der Waals surface area contributed by atoms with Gasteiger partial charge in [-0.15, -0.1) is 0 Å². The second kappa shape index (κ2) is 8.48. The third kappa shape index (κ3) is 3.98. The summed E-state index contributed by atoms with van der Waals surface area (Å²) in [6.45, 7) is 0. The number of aromatic carboxylic acids is 1. The molecule has 1 aliphatic carbocycles. The number of halogens is 1. The summed E-state index contributed by atoms with van der Waals surface area (Å²) in [6, 6.07) is 17.9. The van der Waals surface area contributed by atoms with Gasteiger partial charge in [-0.2, -0.15) is 0 Å². The molecule has 7 heteroatoms. The third-order valence-electron chi connectivity index (χ3n) is 6.73. The lowest BCUT2D eigenvalue weighted by atomic mass is 9.90. The van der Waals surface area contributed by atoms with Crippen LogP contribution in [0.1, 0.15) is 58.5 Å². The van der Waals surface area contributed by atoms with E-state index in [2.05, 4.69) is 5.32 Å². The number of carbonyl (C=O) groups is 2. The van der Waals surface area contributed by atoms with Crippen molar-refractivity contribution in [2.45, 2.75) is 36.8 Å². The molecule has 2 atom stereocenters. The molecule has 6 nitrogen and oxygen atoms in total. The van der Waals surface area contributed by atoms with Gasteiger partial charge in [0.05, 0.1) is 24.1 Å². The first-order valence-electron chi connectivity index (χ1n) is 11.1. The largest absolute Gasteiger partial charge is 0.497 e. The molecule has 3 aromatic carbocycles. The maximum absolute atomic E-state index is 13.4. The molecule has 1 heterocycles. The normalized spacial score (nSPS) is 19.9. The van der Waals surface area contributed by atoms with Crippen LogP contribution in [0.5, 0.6) is 11.5 Å². The summed E-state index contributed by atoms with van der Waals surface area (Å²) >= 11 is 0. The summed E-state index contributed by atoms with van der Waals surface area (Å²) < 4.78 is 25.0. The first-order valence-corrected chi connectivity index (χ1v) is 11.1. The second-order valence-corrected chi connectivity index (χ2v) is 8.79. The van der Waals surface area contributed by atoms with Crippen molar-refractivity contribution < 1.29 is 28.6 Å². The number of carbonyl (C=O) groups excluding carboxylic acids is 1. The molecule has 0 unspecified atom stereocenters. The van der Waals surface area contributed by atoms with Crippen molar-refractivity contribution in [2.24, 2.45) is 0 Å². The number of fused-ring (bicyclic) bond motifs is 1. The number of ether oxygens (including phenoxy) is 2. The van der Waals surface area contributed by atoms with Gasteiger partial charge in [0.2, 0.25) is 5.91 Å². The Morgan fingerprint density at radius 1 is 1.06 bits per heavy atom. The minimum Gasteiger partial charge on any atom is -0.497 e. The molecule has 1 saturated carbocycles. The van der Waals surface area contributed by atoms with Crippen molar-refractivity contribution in [2.75, 3.05) is 7.11 Å². The van der Waals surface area contributed by atoms with Gasteiger partial charge in [0.15, 0.2) is 0 Å². The van der Waals surface area contributed by atoms with Crippen molar-refractivity contribution in [3.8, 4) is 11.5 Å². The fraction of sp³-hybridized carbons (Fsp3) is 0.259. The lowest BCUT2D eigenvalue weighted by molar-refractivity contribution is -0.124. The van der Waals surface area contributed by atoms with E-state index in [4.69, 9.17) is 9.47 Å². The van der Waals surface area contributed by atoms with Gasteiger partial charge in [0.1, 0.15) is 23.4 Å². The quantitative estimate of drug-likeness (QED) is 0.543. The Balaban J connectivity index is 1.44. The summed E-state index contributed by atoms with van der Waals surface area (Å²) in [6.07, 6.45) is 1.53. The van der Waals surface area contributed by atoms with Crippen LogP contribution in [0.2, 0.25) is 0 Å². The van der Waals surface area contributed by atoms with Crippen LogP contribution in [-0.2, 0) is 10.2 Å². The molecule has 0 aromatic heterocycles. The molecule has 3 aromatic rings. The van der Waals surface area contributed by atoms with Gasteiger partial charge in [0, 0.05) is 18.1 Å². The van der Waals surface area contributed by atoms with Crippen molar-refractivity contribution >= 4 is 11.9 Å².